The predicted molar refractivity (Wildman–Crippen MR) is 98.9 cm³/mol. The molecule has 1 aromatic heterocycles. The summed E-state index contributed by atoms with van der Waals surface area (Å²) in [5.41, 5.74) is 1.57. The van der Waals surface area contributed by atoms with Gasteiger partial charge in [0.25, 0.3) is 0 Å². The quantitative estimate of drug-likeness (QED) is 0.523. The van der Waals surface area contributed by atoms with Crippen LogP contribution in [0.3, 0.4) is 0 Å². The molecule has 0 radical (unpaired) electrons. The summed E-state index contributed by atoms with van der Waals surface area (Å²) in [7, 11) is 1.60. The highest BCUT2D eigenvalue weighted by molar-refractivity contribution is 7.71. The number of aromatic amines is 1. The van der Waals surface area contributed by atoms with Gasteiger partial charge in [0.2, 0.25) is 4.77 Å². The Labute approximate surface area is 153 Å². The van der Waals surface area contributed by atoms with Gasteiger partial charge in [-0.1, -0.05) is 41.4 Å². The Morgan fingerprint density at radius 1 is 1.21 bits per heavy atom. The second-order valence-electron chi connectivity index (χ2n) is 4.78. The molecule has 0 fully saturated rings. The van der Waals surface area contributed by atoms with Crippen molar-refractivity contribution in [2.45, 2.75) is 0 Å². The number of benzene rings is 2. The van der Waals surface area contributed by atoms with Gasteiger partial charge in [-0.3, -0.25) is 0 Å². The zero-order chi connectivity index (χ0) is 17.1. The van der Waals surface area contributed by atoms with Gasteiger partial charge in [0.1, 0.15) is 5.75 Å². The number of para-hydroxylation sites is 1. The number of aromatic nitrogens is 3. The maximum atomic E-state index is 6.02. The fourth-order valence-electron chi connectivity index (χ4n) is 2.12. The van der Waals surface area contributed by atoms with Crippen LogP contribution in [0.25, 0.3) is 11.4 Å². The van der Waals surface area contributed by atoms with Crippen LogP contribution in [-0.2, 0) is 0 Å². The first-order valence-corrected chi connectivity index (χ1v) is 8.07. The van der Waals surface area contributed by atoms with Crippen LogP contribution in [-0.4, -0.2) is 28.2 Å². The summed E-state index contributed by atoms with van der Waals surface area (Å²) < 4.78 is 7.26. The fraction of sp³-hybridized carbons (Fsp3) is 0.0625. The Bertz CT molecular complexity index is 965. The molecule has 0 unspecified atom stereocenters. The zero-order valence-corrected chi connectivity index (χ0v) is 14.9. The first-order valence-electron chi connectivity index (χ1n) is 6.90. The molecule has 0 amide bonds. The summed E-state index contributed by atoms with van der Waals surface area (Å²) in [5.74, 6) is 1.23. The molecule has 0 aliphatic heterocycles. The molecule has 5 nitrogen and oxygen atoms in total. The van der Waals surface area contributed by atoms with Gasteiger partial charge < -0.3 is 4.74 Å². The maximum absolute atomic E-state index is 6.02. The summed E-state index contributed by atoms with van der Waals surface area (Å²) in [4.78, 5) is 0. The number of methoxy groups -OCH3 is 1. The average Bonchev–Trinajstić information content (AvgIpc) is 2.96. The van der Waals surface area contributed by atoms with Gasteiger partial charge in [-0.2, -0.15) is 14.9 Å². The molecule has 24 heavy (non-hydrogen) atoms. The molecule has 1 heterocycles. The first kappa shape index (κ1) is 16.7. The normalized spacial score (nSPS) is 11.1. The molecule has 0 atom stereocenters. The van der Waals surface area contributed by atoms with Gasteiger partial charge in [-0.25, -0.2) is 5.10 Å². The number of nitrogens with zero attached hydrogens (tertiary/aromatic N) is 3. The van der Waals surface area contributed by atoms with E-state index in [4.69, 9.17) is 40.2 Å². The summed E-state index contributed by atoms with van der Waals surface area (Å²) in [5, 5.41) is 12.3. The van der Waals surface area contributed by atoms with Gasteiger partial charge >= 0.3 is 0 Å². The van der Waals surface area contributed by atoms with E-state index in [1.54, 1.807) is 25.5 Å². The first-order chi connectivity index (χ1) is 11.6. The molecule has 0 aliphatic carbocycles. The molecule has 0 saturated heterocycles. The van der Waals surface area contributed by atoms with E-state index in [1.807, 2.05) is 30.3 Å². The van der Waals surface area contributed by atoms with E-state index >= 15 is 0 Å². The van der Waals surface area contributed by atoms with E-state index in [0.29, 0.717) is 26.4 Å². The third-order valence-corrected chi connectivity index (χ3v) is 4.27. The Morgan fingerprint density at radius 2 is 2.00 bits per heavy atom. The molecule has 0 aliphatic rings. The third kappa shape index (κ3) is 3.36. The molecular weight excluding hydrogens is 367 g/mol. The fourth-order valence-corrected chi connectivity index (χ4v) is 2.61. The summed E-state index contributed by atoms with van der Waals surface area (Å²) >= 11 is 17.2. The van der Waals surface area contributed by atoms with Gasteiger partial charge in [0.15, 0.2) is 5.82 Å². The largest absolute Gasteiger partial charge is 0.496 e. The highest BCUT2D eigenvalue weighted by Gasteiger charge is 2.12. The minimum absolute atomic E-state index is 0.368. The van der Waals surface area contributed by atoms with Crippen molar-refractivity contribution >= 4 is 41.6 Å². The lowest BCUT2D eigenvalue weighted by Crippen LogP contribution is -1.97. The smallest absolute Gasteiger partial charge is 0.216 e. The molecule has 0 saturated carbocycles. The number of ether oxygens (including phenoxy) is 1. The molecule has 0 spiro atoms. The Kier molecular flexibility index (Phi) is 4.99. The monoisotopic (exact) mass is 378 g/mol. The average molecular weight is 379 g/mol. The highest BCUT2D eigenvalue weighted by Crippen LogP contribution is 2.28. The van der Waals surface area contributed by atoms with E-state index in [1.165, 1.54) is 4.68 Å². The van der Waals surface area contributed by atoms with Crippen LogP contribution in [0.5, 0.6) is 5.75 Å². The number of nitrogens with one attached hydrogen (secondary N) is 1. The van der Waals surface area contributed by atoms with Gasteiger partial charge in [0, 0.05) is 0 Å². The van der Waals surface area contributed by atoms with Crippen LogP contribution in [0.2, 0.25) is 10.0 Å². The number of rotatable bonds is 4. The Balaban J connectivity index is 2.03. The second kappa shape index (κ2) is 7.17. The minimum atomic E-state index is 0.368. The lowest BCUT2D eigenvalue weighted by molar-refractivity contribution is 0.416. The Hall–Kier alpha value is -2.15. The lowest BCUT2D eigenvalue weighted by Gasteiger charge is -2.06. The van der Waals surface area contributed by atoms with Crippen molar-refractivity contribution < 1.29 is 4.74 Å². The van der Waals surface area contributed by atoms with Crippen molar-refractivity contribution in [2.75, 3.05) is 7.11 Å². The van der Waals surface area contributed by atoms with E-state index in [-0.39, 0.29) is 0 Å². The van der Waals surface area contributed by atoms with Crippen LogP contribution in [0.4, 0.5) is 0 Å². The van der Waals surface area contributed by atoms with Gasteiger partial charge in [0.05, 0.1) is 28.9 Å². The van der Waals surface area contributed by atoms with Crippen molar-refractivity contribution in [3.8, 4) is 17.1 Å². The van der Waals surface area contributed by atoms with Crippen LogP contribution >= 0.6 is 35.4 Å². The zero-order valence-electron chi connectivity index (χ0n) is 12.5. The van der Waals surface area contributed by atoms with Gasteiger partial charge in [-0.05, 0) is 42.0 Å². The Morgan fingerprint density at radius 3 is 2.75 bits per heavy atom. The van der Waals surface area contributed by atoms with E-state index in [2.05, 4.69) is 15.3 Å². The summed E-state index contributed by atoms with van der Waals surface area (Å²) in [6.07, 6.45) is 1.63. The maximum Gasteiger partial charge on any atom is 0.216 e. The van der Waals surface area contributed by atoms with Crippen LogP contribution in [0, 0.1) is 4.77 Å². The van der Waals surface area contributed by atoms with E-state index in [0.717, 1.165) is 11.1 Å². The van der Waals surface area contributed by atoms with Crippen LogP contribution in [0.1, 0.15) is 5.56 Å². The van der Waals surface area contributed by atoms with Crippen molar-refractivity contribution in [1.82, 2.24) is 14.9 Å². The predicted octanol–water partition coefficient (Wildman–Crippen LogP) is 4.81. The lowest BCUT2D eigenvalue weighted by atomic mass is 10.2. The SMILES string of the molecule is COc1ccccc1-c1n[nH]c(=S)n1/N=C\c1ccc(Cl)c(Cl)c1. The molecular formula is C16H12Cl2N4OS. The molecule has 3 aromatic rings. The van der Waals surface area contributed by atoms with Crippen LogP contribution < -0.4 is 4.74 Å². The van der Waals surface area contributed by atoms with Crippen molar-refractivity contribution in [3.05, 3.63) is 62.8 Å². The van der Waals surface area contributed by atoms with Crippen molar-refractivity contribution in [1.29, 1.82) is 0 Å². The summed E-state index contributed by atoms with van der Waals surface area (Å²) in [6.45, 7) is 0. The molecule has 8 heteroatoms. The standard InChI is InChI=1S/C16H12Cl2N4OS/c1-23-14-5-3-2-4-11(14)15-20-21-16(24)22(15)19-9-10-6-7-12(17)13(18)8-10/h2-9H,1H3,(H,21,24)/b19-9-. The number of hydrogen-bond acceptors (Lipinski definition) is 4. The third-order valence-electron chi connectivity index (χ3n) is 3.26. The topological polar surface area (TPSA) is 55.2 Å². The number of hydrogen-bond donors (Lipinski definition) is 1. The highest BCUT2D eigenvalue weighted by atomic mass is 35.5. The van der Waals surface area contributed by atoms with Crippen molar-refractivity contribution in [2.24, 2.45) is 5.10 Å². The molecule has 3 rings (SSSR count). The second-order valence-corrected chi connectivity index (χ2v) is 5.98. The van der Waals surface area contributed by atoms with E-state index < -0.39 is 0 Å². The molecule has 1 N–H and O–H groups in total. The summed E-state index contributed by atoms with van der Waals surface area (Å²) in [6, 6.07) is 12.7. The molecule has 122 valence electrons. The minimum Gasteiger partial charge on any atom is -0.496 e. The van der Waals surface area contributed by atoms with Crippen LogP contribution in [0.15, 0.2) is 47.6 Å². The number of halogens is 2. The molecule has 2 aromatic carbocycles. The molecule has 0 bridgehead atoms. The van der Waals surface area contributed by atoms with Gasteiger partial charge in [-0.15, -0.1) is 0 Å². The number of H-pyrrole nitrogens is 1. The van der Waals surface area contributed by atoms with E-state index in [9.17, 15) is 0 Å². The van der Waals surface area contributed by atoms with Crippen molar-refractivity contribution in [3.63, 3.8) is 0 Å².